The van der Waals surface area contributed by atoms with E-state index in [1.54, 1.807) is 7.11 Å². The smallest absolute Gasteiger partial charge is 0.256 e. The van der Waals surface area contributed by atoms with Crippen LogP contribution in [0.25, 0.3) is 11.3 Å². The lowest BCUT2D eigenvalue weighted by Crippen LogP contribution is -2.25. The van der Waals surface area contributed by atoms with Crippen LogP contribution in [-0.2, 0) is 6.42 Å². The van der Waals surface area contributed by atoms with E-state index in [9.17, 15) is 13.6 Å². The number of halogens is 2. The van der Waals surface area contributed by atoms with Crippen LogP contribution in [0, 0.1) is 11.6 Å². The summed E-state index contributed by atoms with van der Waals surface area (Å²) in [4.78, 5) is 12.3. The highest BCUT2D eigenvalue weighted by molar-refractivity contribution is 5.99. The van der Waals surface area contributed by atoms with Gasteiger partial charge in [-0.2, -0.15) is 0 Å². The van der Waals surface area contributed by atoms with Gasteiger partial charge in [-0.1, -0.05) is 17.3 Å². The van der Waals surface area contributed by atoms with Crippen LogP contribution in [0.1, 0.15) is 15.9 Å². The van der Waals surface area contributed by atoms with Crippen molar-refractivity contribution in [3.8, 4) is 17.1 Å². The fourth-order valence-corrected chi connectivity index (χ4v) is 2.45. The van der Waals surface area contributed by atoms with Crippen molar-refractivity contribution in [2.24, 2.45) is 0 Å². The molecule has 0 unspecified atom stereocenters. The van der Waals surface area contributed by atoms with Crippen LogP contribution in [0.2, 0.25) is 0 Å². The number of nitrogens with one attached hydrogen (secondary N) is 1. The molecule has 3 aromatic rings. The number of methoxy groups -OCH3 is 1. The minimum absolute atomic E-state index is 0.0887. The molecule has 1 aromatic heterocycles. The molecule has 134 valence electrons. The fraction of sp³-hybridized carbons (Fsp3) is 0.158. The summed E-state index contributed by atoms with van der Waals surface area (Å²) in [6.07, 6.45) is 1.88. The van der Waals surface area contributed by atoms with Gasteiger partial charge in [0.05, 0.1) is 13.3 Å². The predicted octanol–water partition coefficient (Wildman–Crippen LogP) is 3.60. The average molecular weight is 358 g/mol. The topological polar surface area (TPSA) is 64.4 Å². The number of nitrogens with zero attached hydrogens (tertiary/aromatic N) is 1. The summed E-state index contributed by atoms with van der Waals surface area (Å²) < 4.78 is 36.6. The molecule has 0 bridgehead atoms. The number of carbonyl (C=O) groups excluding carboxylic acids is 1. The monoisotopic (exact) mass is 358 g/mol. The van der Waals surface area contributed by atoms with Gasteiger partial charge in [0.1, 0.15) is 11.3 Å². The Morgan fingerprint density at radius 2 is 1.92 bits per heavy atom. The maximum absolute atomic E-state index is 13.4. The van der Waals surface area contributed by atoms with E-state index in [1.807, 2.05) is 24.3 Å². The van der Waals surface area contributed by atoms with Gasteiger partial charge in [-0.15, -0.1) is 0 Å². The van der Waals surface area contributed by atoms with Gasteiger partial charge in [0.15, 0.2) is 17.4 Å². The molecule has 0 aliphatic carbocycles. The first-order valence-corrected chi connectivity index (χ1v) is 7.89. The lowest BCUT2D eigenvalue weighted by Gasteiger charge is -2.06. The molecule has 1 amide bonds. The third-order valence-corrected chi connectivity index (χ3v) is 3.86. The number of hydrogen-bond donors (Lipinski definition) is 1. The summed E-state index contributed by atoms with van der Waals surface area (Å²) in [5.74, 6) is -1.55. The summed E-state index contributed by atoms with van der Waals surface area (Å²) in [5, 5.41) is 6.35. The van der Waals surface area contributed by atoms with Crippen LogP contribution in [0.4, 0.5) is 8.78 Å². The summed E-state index contributed by atoms with van der Waals surface area (Å²) in [5.41, 5.74) is 1.43. The predicted molar refractivity (Wildman–Crippen MR) is 90.9 cm³/mol. The lowest BCUT2D eigenvalue weighted by atomic mass is 10.1. The highest BCUT2D eigenvalue weighted by Crippen LogP contribution is 2.25. The second kappa shape index (κ2) is 7.77. The van der Waals surface area contributed by atoms with Gasteiger partial charge in [0.25, 0.3) is 5.91 Å². The second-order valence-corrected chi connectivity index (χ2v) is 5.55. The van der Waals surface area contributed by atoms with Gasteiger partial charge in [-0.3, -0.25) is 4.79 Å². The summed E-state index contributed by atoms with van der Waals surface area (Å²) in [7, 11) is 1.60. The van der Waals surface area contributed by atoms with Crippen molar-refractivity contribution in [3.63, 3.8) is 0 Å². The minimum Gasteiger partial charge on any atom is -0.497 e. The Morgan fingerprint density at radius 3 is 2.62 bits per heavy atom. The van der Waals surface area contributed by atoms with Crippen LogP contribution < -0.4 is 10.1 Å². The Balaban J connectivity index is 1.65. The van der Waals surface area contributed by atoms with E-state index >= 15 is 0 Å². The standard InChI is InChI=1S/C19H16F2N2O3/c1-25-14-5-2-12(3-6-14)8-9-22-19(24)15-11-23-26-18(15)13-4-7-16(20)17(21)10-13/h2-7,10-11H,8-9H2,1H3,(H,22,24). The summed E-state index contributed by atoms with van der Waals surface area (Å²) in [6, 6.07) is 10.8. The van der Waals surface area contributed by atoms with Crippen molar-refractivity contribution in [1.29, 1.82) is 0 Å². The molecule has 1 N–H and O–H groups in total. The Hall–Kier alpha value is -3.22. The molecule has 0 radical (unpaired) electrons. The molecule has 0 spiro atoms. The van der Waals surface area contributed by atoms with Gasteiger partial charge in [-0.25, -0.2) is 8.78 Å². The first kappa shape index (κ1) is 17.6. The number of benzene rings is 2. The molecule has 26 heavy (non-hydrogen) atoms. The Morgan fingerprint density at radius 1 is 1.15 bits per heavy atom. The van der Waals surface area contributed by atoms with Gasteiger partial charge in [0.2, 0.25) is 0 Å². The van der Waals surface area contributed by atoms with E-state index in [0.29, 0.717) is 13.0 Å². The number of ether oxygens (including phenoxy) is 1. The minimum atomic E-state index is -1.02. The summed E-state index contributed by atoms with van der Waals surface area (Å²) in [6.45, 7) is 0.396. The van der Waals surface area contributed by atoms with Gasteiger partial charge in [0, 0.05) is 12.1 Å². The molecular weight excluding hydrogens is 342 g/mol. The zero-order valence-electron chi connectivity index (χ0n) is 14.0. The van der Waals surface area contributed by atoms with E-state index in [2.05, 4.69) is 10.5 Å². The quantitative estimate of drug-likeness (QED) is 0.731. The molecule has 0 aliphatic rings. The molecular formula is C19H16F2N2O3. The number of aromatic nitrogens is 1. The highest BCUT2D eigenvalue weighted by Gasteiger charge is 2.18. The van der Waals surface area contributed by atoms with Crippen molar-refractivity contribution in [1.82, 2.24) is 10.5 Å². The largest absolute Gasteiger partial charge is 0.497 e. The molecule has 3 rings (SSSR count). The third kappa shape index (κ3) is 3.88. The molecule has 2 aromatic carbocycles. The Bertz CT molecular complexity index is 907. The van der Waals surface area contributed by atoms with E-state index in [4.69, 9.17) is 9.26 Å². The normalized spacial score (nSPS) is 10.6. The van der Waals surface area contributed by atoms with Gasteiger partial charge < -0.3 is 14.6 Å². The van der Waals surface area contributed by atoms with Crippen molar-refractivity contribution in [2.75, 3.05) is 13.7 Å². The van der Waals surface area contributed by atoms with Crippen molar-refractivity contribution < 1.29 is 22.8 Å². The molecule has 1 heterocycles. The van der Waals surface area contributed by atoms with E-state index in [1.165, 1.54) is 12.3 Å². The van der Waals surface area contributed by atoms with E-state index < -0.39 is 17.5 Å². The zero-order chi connectivity index (χ0) is 18.5. The average Bonchev–Trinajstić information content (AvgIpc) is 3.14. The fourth-order valence-electron chi connectivity index (χ4n) is 2.45. The third-order valence-electron chi connectivity index (χ3n) is 3.86. The number of amides is 1. The highest BCUT2D eigenvalue weighted by atomic mass is 19.2. The number of carbonyl (C=O) groups is 1. The van der Waals surface area contributed by atoms with Crippen molar-refractivity contribution in [3.05, 3.63) is 71.4 Å². The Labute approximate surface area is 148 Å². The molecule has 7 heteroatoms. The van der Waals surface area contributed by atoms with Crippen molar-refractivity contribution in [2.45, 2.75) is 6.42 Å². The molecule has 0 fully saturated rings. The maximum atomic E-state index is 13.4. The number of hydrogen-bond acceptors (Lipinski definition) is 4. The first-order chi connectivity index (χ1) is 12.6. The van der Waals surface area contributed by atoms with Crippen molar-refractivity contribution >= 4 is 5.91 Å². The lowest BCUT2D eigenvalue weighted by molar-refractivity contribution is 0.0954. The maximum Gasteiger partial charge on any atom is 0.256 e. The Kier molecular flexibility index (Phi) is 5.26. The molecule has 0 saturated carbocycles. The van der Waals surface area contributed by atoms with Gasteiger partial charge >= 0.3 is 0 Å². The SMILES string of the molecule is COc1ccc(CCNC(=O)c2cnoc2-c2ccc(F)c(F)c2)cc1. The van der Waals surface area contributed by atoms with Crippen LogP contribution >= 0.6 is 0 Å². The molecule has 0 aliphatic heterocycles. The summed E-state index contributed by atoms with van der Waals surface area (Å²) >= 11 is 0. The van der Waals surface area contributed by atoms with Crippen LogP contribution in [0.3, 0.4) is 0 Å². The second-order valence-electron chi connectivity index (χ2n) is 5.55. The van der Waals surface area contributed by atoms with E-state index in [0.717, 1.165) is 23.4 Å². The number of rotatable bonds is 6. The van der Waals surface area contributed by atoms with Gasteiger partial charge in [-0.05, 0) is 42.3 Å². The van der Waals surface area contributed by atoms with Crippen LogP contribution in [0.15, 0.2) is 53.2 Å². The molecule has 0 saturated heterocycles. The molecule has 0 atom stereocenters. The first-order valence-electron chi connectivity index (χ1n) is 7.89. The van der Waals surface area contributed by atoms with Crippen LogP contribution in [-0.4, -0.2) is 24.7 Å². The van der Waals surface area contributed by atoms with E-state index in [-0.39, 0.29) is 16.9 Å². The molecule has 5 nitrogen and oxygen atoms in total. The zero-order valence-corrected chi connectivity index (χ0v) is 14.0. The van der Waals surface area contributed by atoms with Crippen LogP contribution in [0.5, 0.6) is 5.75 Å².